The molecule has 12 heteroatoms. The van der Waals surface area contributed by atoms with Gasteiger partial charge in [0.2, 0.25) is 21.8 Å². The summed E-state index contributed by atoms with van der Waals surface area (Å²) in [6, 6.07) is 6.59. The van der Waals surface area contributed by atoms with E-state index in [1.165, 1.54) is 35.2 Å². The molecule has 0 saturated heterocycles. The zero-order valence-electron chi connectivity index (χ0n) is 17.6. The van der Waals surface area contributed by atoms with Crippen molar-refractivity contribution in [2.24, 2.45) is 0 Å². The molecule has 2 amide bonds. The number of carbonyl (C=O) groups excluding carboxylic acids is 1. The highest BCUT2D eigenvalue weighted by molar-refractivity contribution is 7.94. The maximum Gasteiger partial charge on any atom is 0.427 e. The first-order valence-corrected chi connectivity index (χ1v) is 12.2. The van der Waals surface area contributed by atoms with Gasteiger partial charge in [-0.2, -0.15) is 9.29 Å². The van der Waals surface area contributed by atoms with E-state index in [-0.39, 0.29) is 52.2 Å². The van der Waals surface area contributed by atoms with Crippen LogP contribution in [-0.4, -0.2) is 54.3 Å². The van der Waals surface area contributed by atoms with Crippen LogP contribution in [0.2, 0.25) is 0 Å². The molecule has 1 aromatic carbocycles. The molecular weight excluding hydrogens is 477 g/mol. The lowest BCUT2D eigenvalue weighted by molar-refractivity contribution is -0.117. The molecule has 1 aliphatic carbocycles. The third-order valence-electron chi connectivity index (χ3n) is 5.44. The molecular formula is C21H21ClFN3O6S. The number of alkyl halides is 1. The summed E-state index contributed by atoms with van der Waals surface area (Å²) < 4.78 is 45.2. The van der Waals surface area contributed by atoms with Crippen LogP contribution in [0, 0.1) is 5.82 Å². The highest BCUT2D eigenvalue weighted by Gasteiger charge is 2.45. The van der Waals surface area contributed by atoms with Crippen molar-refractivity contribution in [2.45, 2.75) is 37.5 Å². The number of amides is 2. The molecule has 33 heavy (non-hydrogen) atoms. The first-order valence-electron chi connectivity index (χ1n) is 10.2. The number of hydrogen-bond acceptors (Lipinski definition) is 6. The zero-order valence-corrected chi connectivity index (χ0v) is 19.1. The minimum absolute atomic E-state index is 0.0388. The highest BCUT2D eigenvalue weighted by Crippen LogP contribution is 2.40. The number of halogens is 2. The van der Waals surface area contributed by atoms with Crippen LogP contribution in [0.15, 0.2) is 30.3 Å². The second kappa shape index (κ2) is 8.79. The molecule has 2 aromatic rings. The van der Waals surface area contributed by atoms with E-state index in [9.17, 15) is 27.5 Å². The van der Waals surface area contributed by atoms with Crippen molar-refractivity contribution < 1.29 is 32.2 Å². The Labute approximate surface area is 194 Å². The van der Waals surface area contributed by atoms with Crippen molar-refractivity contribution >= 4 is 45.1 Å². The third kappa shape index (κ3) is 4.47. The average Bonchev–Trinajstić information content (AvgIpc) is 3.61. The molecule has 0 spiro atoms. The van der Waals surface area contributed by atoms with Gasteiger partial charge >= 0.3 is 6.09 Å². The fourth-order valence-corrected chi connectivity index (χ4v) is 5.49. The normalized spacial score (nSPS) is 17.8. The van der Waals surface area contributed by atoms with Crippen LogP contribution >= 0.6 is 11.6 Å². The Balaban J connectivity index is 1.90. The van der Waals surface area contributed by atoms with E-state index < -0.39 is 33.1 Å². The number of hydrogen-bond donors (Lipinski definition) is 1. The number of ether oxygens (including phenoxy) is 1. The number of sulfonamides is 1. The standard InChI is InChI=1S/C21H21ClFN3O6S/c1-12-11-32-20-17(25(12)18(27)10-22)9-14(8-13-2-4-15(23)5-3-13)19(24-20)26(21(28)29)33(30,31)16-6-7-16/h2-5,9,12,16H,6-8,10-11H2,1H3,(H,28,29). The Hall–Kier alpha value is -2.92. The summed E-state index contributed by atoms with van der Waals surface area (Å²) in [4.78, 5) is 30.3. The molecule has 2 heterocycles. The van der Waals surface area contributed by atoms with Crippen LogP contribution < -0.4 is 13.9 Å². The van der Waals surface area contributed by atoms with E-state index in [1.807, 2.05) is 0 Å². The first-order chi connectivity index (χ1) is 15.6. The van der Waals surface area contributed by atoms with Gasteiger partial charge in [0.05, 0.1) is 11.3 Å². The summed E-state index contributed by atoms with van der Waals surface area (Å²) >= 11 is 5.77. The van der Waals surface area contributed by atoms with Crippen molar-refractivity contribution in [3.63, 3.8) is 0 Å². The molecule has 0 bridgehead atoms. The lowest BCUT2D eigenvalue weighted by atomic mass is 10.0. The second-order valence-corrected chi connectivity index (χ2v) is 10.3. The van der Waals surface area contributed by atoms with Crippen molar-refractivity contribution in [1.29, 1.82) is 0 Å². The van der Waals surface area contributed by atoms with Crippen molar-refractivity contribution in [3.05, 3.63) is 47.3 Å². The Bertz CT molecular complexity index is 1200. The van der Waals surface area contributed by atoms with Crippen molar-refractivity contribution in [1.82, 2.24) is 4.98 Å². The maximum absolute atomic E-state index is 13.4. The molecule has 1 atom stereocenters. The number of fused-ring (bicyclic) bond motifs is 1. The summed E-state index contributed by atoms with van der Waals surface area (Å²) in [7, 11) is -4.22. The lowest BCUT2D eigenvalue weighted by Gasteiger charge is -2.35. The maximum atomic E-state index is 13.4. The SMILES string of the molecule is CC1COc2nc(N(C(=O)O)S(=O)(=O)C3CC3)c(Cc3ccc(F)cc3)cc2N1C(=O)CCl. The summed E-state index contributed by atoms with van der Waals surface area (Å²) in [5.74, 6) is -1.55. The summed E-state index contributed by atoms with van der Waals surface area (Å²) in [6.45, 7) is 1.82. The summed E-state index contributed by atoms with van der Waals surface area (Å²) in [5, 5.41) is 9.02. The number of pyridine rings is 1. The highest BCUT2D eigenvalue weighted by atomic mass is 35.5. The largest absolute Gasteiger partial charge is 0.474 e. The summed E-state index contributed by atoms with van der Waals surface area (Å²) in [6.07, 6.45) is -0.947. The molecule has 1 N–H and O–H groups in total. The Morgan fingerprint density at radius 2 is 1.97 bits per heavy atom. The van der Waals surface area contributed by atoms with Crippen LogP contribution in [0.1, 0.15) is 30.9 Å². The van der Waals surface area contributed by atoms with Gasteiger partial charge in [0.25, 0.3) is 0 Å². The van der Waals surface area contributed by atoms with Crippen LogP contribution in [0.5, 0.6) is 5.88 Å². The van der Waals surface area contributed by atoms with Gasteiger partial charge in [-0.3, -0.25) is 4.79 Å². The smallest absolute Gasteiger partial charge is 0.427 e. The van der Waals surface area contributed by atoms with Gasteiger partial charge in [0.15, 0.2) is 5.82 Å². The van der Waals surface area contributed by atoms with Crippen LogP contribution in [0.3, 0.4) is 0 Å². The van der Waals surface area contributed by atoms with Gasteiger partial charge in [-0.05, 0) is 43.5 Å². The fourth-order valence-electron chi connectivity index (χ4n) is 3.71. The van der Waals surface area contributed by atoms with E-state index in [0.29, 0.717) is 18.4 Å². The number of carbonyl (C=O) groups is 2. The van der Waals surface area contributed by atoms with Crippen LogP contribution in [0.4, 0.5) is 20.7 Å². The minimum Gasteiger partial charge on any atom is -0.474 e. The van der Waals surface area contributed by atoms with E-state index in [4.69, 9.17) is 16.3 Å². The molecule has 1 saturated carbocycles. The van der Waals surface area contributed by atoms with Crippen LogP contribution in [0.25, 0.3) is 0 Å². The molecule has 4 rings (SSSR count). The molecule has 1 fully saturated rings. The number of carboxylic acid groups (broad SMARTS) is 1. The molecule has 1 unspecified atom stereocenters. The summed E-state index contributed by atoms with van der Waals surface area (Å²) in [5.41, 5.74) is 1.07. The molecule has 2 aliphatic rings. The lowest BCUT2D eigenvalue weighted by Crippen LogP contribution is -2.46. The van der Waals surface area contributed by atoms with Gasteiger partial charge in [-0.15, -0.1) is 11.6 Å². The Morgan fingerprint density at radius 3 is 2.55 bits per heavy atom. The number of benzene rings is 1. The quantitative estimate of drug-likeness (QED) is 0.609. The predicted octanol–water partition coefficient (Wildman–Crippen LogP) is 3.14. The van der Waals surface area contributed by atoms with E-state index >= 15 is 0 Å². The number of aromatic nitrogens is 1. The third-order valence-corrected chi connectivity index (χ3v) is 7.82. The second-order valence-electron chi connectivity index (χ2n) is 7.95. The van der Waals surface area contributed by atoms with Gasteiger partial charge < -0.3 is 14.7 Å². The fraction of sp³-hybridized carbons (Fsp3) is 0.381. The number of nitrogens with zero attached hydrogens (tertiary/aromatic N) is 3. The van der Waals surface area contributed by atoms with E-state index in [0.717, 1.165) is 0 Å². The Morgan fingerprint density at radius 1 is 1.30 bits per heavy atom. The first kappa shape index (κ1) is 23.2. The molecule has 1 aliphatic heterocycles. The molecule has 9 nitrogen and oxygen atoms in total. The molecule has 0 radical (unpaired) electrons. The van der Waals surface area contributed by atoms with E-state index in [1.54, 1.807) is 6.92 Å². The van der Waals surface area contributed by atoms with Crippen molar-refractivity contribution in [3.8, 4) is 5.88 Å². The van der Waals surface area contributed by atoms with Gasteiger partial charge in [-0.25, -0.2) is 17.6 Å². The van der Waals surface area contributed by atoms with E-state index in [2.05, 4.69) is 4.98 Å². The predicted molar refractivity (Wildman–Crippen MR) is 119 cm³/mol. The van der Waals surface area contributed by atoms with Gasteiger partial charge in [0.1, 0.15) is 24.0 Å². The monoisotopic (exact) mass is 497 g/mol. The Kier molecular flexibility index (Phi) is 6.19. The number of anilines is 2. The topological polar surface area (TPSA) is 117 Å². The minimum atomic E-state index is -4.22. The van der Waals surface area contributed by atoms with Gasteiger partial charge in [-0.1, -0.05) is 12.1 Å². The molecule has 1 aromatic heterocycles. The zero-order chi connectivity index (χ0) is 23.9. The van der Waals surface area contributed by atoms with Crippen molar-refractivity contribution in [2.75, 3.05) is 21.7 Å². The number of rotatable bonds is 6. The van der Waals surface area contributed by atoms with Crippen LogP contribution in [-0.2, 0) is 21.2 Å². The van der Waals surface area contributed by atoms with Gasteiger partial charge in [0, 0.05) is 12.0 Å². The molecule has 176 valence electrons. The average molecular weight is 498 g/mol.